The van der Waals surface area contributed by atoms with Crippen molar-refractivity contribution >= 4 is 17.7 Å². The molecule has 0 aliphatic heterocycles. The van der Waals surface area contributed by atoms with E-state index in [-0.39, 0.29) is 12.0 Å². The molecule has 0 unspecified atom stereocenters. The minimum atomic E-state index is -0.804. The average Bonchev–Trinajstić information content (AvgIpc) is 2.52. The van der Waals surface area contributed by atoms with Crippen molar-refractivity contribution < 1.29 is 9.90 Å². The van der Waals surface area contributed by atoms with Crippen LogP contribution in [-0.4, -0.2) is 26.4 Å². The number of carbonyl (C=O) groups is 1. The van der Waals surface area contributed by atoms with Crippen LogP contribution >= 0.6 is 11.8 Å². The summed E-state index contributed by atoms with van der Waals surface area (Å²) < 4.78 is 1.56. The van der Waals surface area contributed by atoms with Gasteiger partial charge in [-0.1, -0.05) is 41.6 Å². The lowest BCUT2D eigenvalue weighted by molar-refractivity contribution is -0.137. The third-order valence-electron chi connectivity index (χ3n) is 3.78. The summed E-state index contributed by atoms with van der Waals surface area (Å²) in [5.41, 5.74) is 3.67. The maximum absolute atomic E-state index is 12.7. The van der Waals surface area contributed by atoms with Crippen molar-refractivity contribution in [3.05, 3.63) is 57.0 Å². The van der Waals surface area contributed by atoms with E-state index >= 15 is 0 Å². The van der Waals surface area contributed by atoms with Crippen molar-refractivity contribution in [1.82, 2.24) is 9.55 Å². The van der Waals surface area contributed by atoms with E-state index < -0.39 is 5.97 Å². The molecule has 128 valence electrons. The van der Waals surface area contributed by atoms with Gasteiger partial charge in [0.15, 0.2) is 5.16 Å². The summed E-state index contributed by atoms with van der Waals surface area (Å²) in [6.45, 7) is 3.89. The van der Waals surface area contributed by atoms with Gasteiger partial charge in [0.1, 0.15) is 0 Å². The van der Waals surface area contributed by atoms with Gasteiger partial charge in [0.2, 0.25) is 0 Å². The Labute approximate surface area is 145 Å². The van der Waals surface area contributed by atoms with Crippen LogP contribution in [0.2, 0.25) is 0 Å². The third-order valence-corrected chi connectivity index (χ3v) is 4.90. The zero-order chi connectivity index (χ0) is 17.7. The summed E-state index contributed by atoms with van der Waals surface area (Å²) in [6, 6.07) is 8.11. The van der Waals surface area contributed by atoms with Crippen LogP contribution in [-0.2, 0) is 18.3 Å². The zero-order valence-electron chi connectivity index (χ0n) is 14.2. The third kappa shape index (κ3) is 4.71. The molecule has 6 heteroatoms. The van der Waals surface area contributed by atoms with E-state index in [2.05, 4.69) is 11.1 Å². The van der Waals surface area contributed by atoms with E-state index in [0.29, 0.717) is 29.3 Å². The highest BCUT2D eigenvalue weighted by molar-refractivity contribution is 7.99. The van der Waals surface area contributed by atoms with Gasteiger partial charge in [0, 0.05) is 36.9 Å². The lowest BCUT2D eigenvalue weighted by atomic mass is 10.0. The monoisotopic (exact) mass is 346 g/mol. The second-order valence-corrected chi connectivity index (χ2v) is 6.90. The molecule has 0 amide bonds. The van der Waals surface area contributed by atoms with E-state index in [4.69, 9.17) is 5.11 Å². The number of carboxylic acid groups (broad SMARTS) is 1. The van der Waals surface area contributed by atoms with Gasteiger partial charge in [-0.3, -0.25) is 14.2 Å². The Hall–Kier alpha value is -2.08. The lowest BCUT2D eigenvalue weighted by Crippen LogP contribution is -2.25. The number of rotatable bonds is 7. The van der Waals surface area contributed by atoms with Crippen LogP contribution in [0.3, 0.4) is 0 Å². The van der Waals surface area contributed by atoms with Gasteiger partial charge in [-0.15, -0.1) is 0 Å². The first kappa shape index (κ1) is 18.3. The van der Waals surface area contributed by atoms with Crippen LogP contribution < -0.4 is 5.56 Å². The molecule has 0 bridgehead atoms. The lowest BCUT2D eigenvalue weighted by Gasteiger charge is -2.12. The molecule has 0 spiro atoms. The quantitative estimate of drug-likeness (QED) is 0.474. The number of thioether (sulfide) groups is 1. The summed E-state index contributed by atoms with van der Waals surface area (Å²) in [5, 5.41) is 9.30. The highest BCUT2D eigenvalue weighted by Crippen LogP contribution is 2.18. The van der Waals surface area contributed by atoms with Crippen LogP contribution in [0.25, 0.3) is 0 Å². The summed E-state index contributed by atoms with van der Waals surface area (Å²) in [4.78, 5) is 27.8. The molecule has 2 aromatic rings. The Balaban J connectivity index is 2.18. The Bertz CT molecular complexity index is 799. The van der Waals surface area contributed by atoms with Crippen molar-refractivity contribution in [2.45, 2.75) is 38.3 Å². The van der Waals surface area contributed by atoms with E-state index in [1.165, 1.54) is 17.3 Å². The molecule has 1 N–H and O–H groups in total. The fraction of sp³-hybridized carbons (Fsp3) is 0.389. The first-order valence-corrected chi connectivity index (χ1v) is 8.83. The molecule has 0 aliphatic carbocycles. The first-order valence-electron chi connectivity index (χ1n) is 7.85. The van der Waals surface area contributed by atoms with E-state index in [1.807, 2.05) is 32.0 Å². The van der Waals surface area contributed by atoms with Gasteiger partial charge in [0.05, 0.1) is 0 Å². The minimum Gasteiger partial charge on any atom is -0.481 e. The highest BCUT2D eigenvalue weighted by atomic mass is 32.2. The molecule has 0 fully saturated rings. The SMILES string of the molecule is Cc1cccc(Cc2c(C)nc(SCCCC(=O)O)n(C)c2=O)c1. The number of nitrogens with zero attached hydrogens (tertiary/aromatic N) is 2. The molecule has 0 saturated carbocycles. The van der Waals surface area contributed by atoms with Crippen molar-refractivity contribution in [2.24, 2.45) is 7.05 Å². The average molecular weight is 346 g/mol. The molecule has 1 heterocycles. The Morgan fingerprint density at radius 2 is 2.08 bits per heavy atom. The molecule has 5 nitrogen and oxygen atoms in total. The molecule has 2 rings (SSSR count). The van der Waals surface area contributed by atoms with E-state index in [9.17, 15) is 9.59 Å². The van der Waals surface area contributed by atoms with Gasteiger partial charge in [-0.2, -0.15) is 0 Å². The predicted molar refractivity (Wildman–Crippen MR) is 95.8 cm³/mol. The molecule has 0 saturated heterocycles. The van der Waals surface area contributed by atoms with Crippen LogP contribution in [0.4, 0.5) is 0 Å². The second kappa shape index (κ2) is 8.15. The van der Waals surface area contributed by atoms with Crippen LogP contribution in [0.1, 0.15) is 35.2 Å². The number of hydrogen-bond donors (Lipinski definition) is 1. The number of carboxylic acids is 1. The van der Waals surface area contributed by atoms with E-state index in [1.54, 1.807) is 11.6 Å². The molecule has 1 aromatic carbocycles. The summed E-state index contributed by atoms with van der Waals surface area (Å²) in [5.74, 6) is -0.175. The van der Waals surface area contributed by atoms with Gasteiger partial charge in [0.25, 0.3) is 5.56 Å². The Morgan fingerprint density at radius 1 is 1.33 bits per heavy atom. The number of benzene rings is 1. The summed E-state index contributed by atoms with van der Waals surface area (Å²) in [6.07, 6.45) is 1.25. The maximum atomic E-state index is 12.7. The molecule has 0 radical (unpaired) electrons. The molecule has 24 heavy (non-hydrogen) atoms. The second-order valence-electron chi connectivity index (χ2n) is 5.83. The molecule has 1 aromatic heterocycles. The Morgan fingerprint density at radius 3 is 2.75 bits per heavy atom. The summed E-state index contributed by atoms with van der Waals surface area (Å²) >= 11 is 1.42. The van der Waals surface area contributed by atoms with Crippen molar-refractivity contribution in [3.8, 4) is 0 Å². The molecule has 0 aliphatic rings. The fourth-order valence-electron chi connectivity index (χ4n) is 2.48. The van der Waals surface area contributed by atoms with Gasteiger partial charge < -0.3 is 5.11 Å². The summed E-state index contributed by atoms with van der Waals surface area (Å²) in [7, 11) is 1.72. The predicted octanol–water partition coefficient (Wildman–Crippen LogP) is 2.94. The first-order chi connectivity index (χ1) is 11.4. The normalized spacial score (nSPS) is 10.8. The fourth-order valence-corrected chi connectivity index (χ4v) is 3.43. The molecule has 0 atom stereocenters. The van der Waals surface area contributed by atoms with Crippen molar-refractivity contribution in [2.75, 3.05) is 5.75 Å². The maximum Gasteiger partial charge on any atom is 0.303 e. The van der Waals surface area contributed by atoms with Crippen LogP contribution in [0, 0.1) is 13.8 Å². The van der Waals surface area contributed by atoms with Crippen molar-refractivity contribution in [1.29, 1.82) is 0 Å². The van der Waals surface area contributed by atoms with Gasteiger partial charge >= 0.3 is 5.97 Å². The number of aromatic nitrogens is 2. The van der Waals surface area contributed by atoms with Crippen LogP contribution in [0.5, 0.6) is 0 Å². The topological polar surface area (TPSA) is 72.2 Å². The number of hydrogen-bond acceptors (Lipinski definition) is 4. The smallest absolute Gasteiger partial charge is 0.303 e. The molecular weight excluding hydrogens is 324 g/mol. The minimum absolute atomic E-state index is 0.0373. The highest BCUT2D eigenvalue weighted by Gasteiger charge is 2.13. The Kier molecular flexibility index (Phi) is 6.20. The van der Waals surface area contributed by atoms with Gasteiger partial charge in [-0.05, 0) is 25.8 Å². The largest absolute Gasteiger partial charge is 0.481 e. The van der Waals surface area contributed by atoms with Gasteiger partial charge in [-0.25, -0.2) is 4.98 Å². The number of aliphatic carboxylic acids is 1. The van der Waals surface area contributed by atoms with E-state index in [0.717, 1.165) is 11.3 Å². The standard InChI is InChI=1S/C18H22N2O3S/c1-12-6-4-7-14(10-12)11-15-13(2)19-18(20(3)17(15)23)24-9-5-8-16(21)22/h4,6-7,10H,5,8-9,11H2,1-3H3,(H,21,22). The van der Waals surface area contributed by atoms with Crippen LogP contribution in [0.15, 0.2) is 34.2 Å². The molecular formula is C18H22N2O3S. The zero-order valence-corrected chi connectivity index (χ0v) is 15.0. The van der Waals surface area contributed by atoms with Crippen molar-refractivity contribution in [3.63, 3.8) is 0 Å². The number of aryl methyl sites for hydroxylation is 2.